The van der Waals surface area contributed by atoms with Crippen LogP contribution in [-0.2, 0) is 0 Å². The van der Waals surface area contributed by atoms with Crippen molar-refractivity contribution < 1.29 is 0 Å². The fourth-order valence-electron chi connectivity index (χ4n) is 2.57. The molecule has 1 saturated carbocycles. The van der Waals surface area contributed by atoms with Gasteiger partial charge in [0, 0.05) is 24.4 Å². The van der Waals surface area contributed by atoms with Crippen LogP contribution >= 0.6 is 0 Å². The summed E-state index contributed by atoms with van der Waals surface area (Å²) < 4.78 is 1.84. The third-order valence-corrected chi connectivity index (χ3v) is 3.66. The number of anilines is 1. The zero-order valence-corrected chi connectivity index (χ0v) is 10.4. The monoisotopic (exact) mass is 250 g/mol. The average Bonchev–Trinajstić information content (AvgIpc) is 3.05. The van der Waals surface area contributed by atoms with Gasteiger partial charge in [-0.15, -0.1) is 0 Å². The molecular formula is C15H14N4. The summed E-state index contributed by atoms with van der Waals surface area (Å²) in [7, 11) is 0. The lowest BCUT2D eigenvalue weighted by molar-refractivity contribution is 0.938. The van der Waals surface area contributed by atoms with Crippen molar-refractivity contribution in [2.24, 2.45) is 0 Å². The normalized spacial score (nSPS) is 21.5. The van der Waals surface area contributed by atoms with Gasteiger partial charge in [0.1, 0.15) is 5.52 Å². The van der Waals surface area contributed by atoms with Crippen LogP contribution in [0.15, 0.2) is 55.0 Å². The number of fused-ring (bicyclic) bond motifs is 1. The standard InChI is InChI=1S/C15H14N4/c1-2-4-11(5-3-1)12-10-13(12)18-15-14-6-7-17-19(14)9-8-16-15/h1-9,12-13H,10H2,(H,16,18). The molecule has 1 aromatic carbocycles. The van der Waals surface area contributed by atoms with Crippen molar-refractivity contribution in [1.82, 2.24) is 14.6 Å². The second kappa shape index (κ2) is 4.09. The summed E-state index contributed by atoms with van der Waals surface area (Å²) in [5.41, 5.74) is 2.43. The Morgan fingerprint density at radius 2 is 2.00 bits per heavy atom. The van der Waals surface area contributed by atoms with Crippen LogP contribution in [0, 0.1) is 0 Å². The van der Waals surface area contributed by atoms with Crippen LogP contribution in [-0.4, -0.2) is 20.6 Å². The quantitative estimate of drug-likeness (QED) is 0.777. The van der Waals surface area contributed by atoms with Crippen molar-refractivity contribution in [3.63, 3.8) is 0 Å². The molecule has 3 aromatic rings. The van der Waals surface area contributed by atoms with Crippen LogP contribution < -0.4 is 5.32 Å². The van der Waals surface area contributed by atoms with Gasteiger partial charge < -0.3 is 5.32 Å². The lowest BCUT2D eigenvalue weighted by Crippen LogP contribution is -2.07. The van der Waals surface area contributed by atoms with Crippen LogP contribution in [0.2, 0.25) is 0 Å². The van der Waals surface area contributed by atoms with Crippen molar-refractivity contribution in [2.75, 3.05) is 5.32 Å². The van der Waals surface area contributed by atoms with Crippen LogP contribution in [0.5, 0.6) is 0 Å². The Labute approximate surface area is 111 Å². The van der Waals surface area contributed by atoms with E-state index in [-0.39, 0.29) is 0 Å². The van der Waals surface area contributed by atoms with E-state index >= 15 is 0 Å². The second-order valence-electron chi connectivity index (χ2n) is 4.94. The molecule has 94 valence electrons. The Kier molecular flexibility index (Phi) is 2.27. The minimum Gasteiger partial charge on any atom is -0.365 e. The summed E-state index contributed by atoms with van der Waals surface area (Å²) in [6.07, 6.45) is 6.61. The molecule has 0 amide bonds. The van der Waals surface area contributed by atoms with Crippen molar-refractivity contribution in [3.05, 3.63) is 60.6 Å². The van der Waals surface area contributed by atoms with Gasteiger partial charge >= 0.3 is 0 Å². The molecule has 2 heterocycles. The first-order valence-electron chi connectivity index (χ1n) is 6.52. The first-order valence-corrected chi connectivity index (χ1v) is 6.52. The van der Waals surface area contributed by atoms with E-state index in [0.717, 1.165) is 11.3 Å². The Balaban J connectivity index is 1.56. The largest absolute Gasteiger partial charge is 0.365 e. The van der Waals surface area contributed by atoms with Gasteiger partial charge in [0.15, 0.2) is 5.82 Å². The molecule has 4 rings (SSSR count). The molecule has 19 heavy (non-hydrogen) atoms. The fraction of sp³-hybridized carbons (Fsp3) is 0.200. The molecule has 1 fully saturated rings. The molecular weight excluding hydrogens is 236 g/mol. The number of hydrogen-bond acceptors (Lipinski definition) is 3. The van der Waals surface area contributed by atoms with Gasteiger partial charge in [-0.3, -0.25) is 0 Å². The molecule has 1 aliphatic rings. The molecule has 0 spiro atoms. The average molecular weight is 250 g/mol. The SMILES string of the molecule is c1ccc(C2CC2Nc2nccn3nccc23)cc1. The molecule has 0 bridgehead atoms. The highest BCUT2D eigenvalue weighted by molar-refractivity contribution is 5.67. The van der Waals surface area contributed by atoms with Gasteiger partial charge in [-0.05, 0) is 18.1 Å². The van der Waals surface area contributed by atoms with E-state index in [1.807, 2.05) is 16.8 Å². The zero-order chi connectivity index (χ0) is 12.7. The first kappa shape index (κ1) is 10.6. The van der Waals surface area contributed by atoms with Crippen LogP contribution in [0.25, 0.3) is 5.52 Å². The highest BCUT2D eigenvalue weighted by Gasteiger charge is 2.38. The van der Waals surface area contributed by atoms with E-state index in [2.05, 4.69) is 45.7 Å². The maximum absolute atomic E-state index is 4.42. The van der Waals surface area contributed by atoms with E-state index in [1.54, 1.807) is 12.4 Å². The molecule has 0 aliphatic heterocycles. The third kappa shape index (κ3) is 1.85. The number of hydrogen-bond donors (Lipinski definition) is 1. The number of aromatic nitrogens is 3. The van der Waals surface area contributed by atoms with Gasteiger partial charge in [-0.1, -0.05) is 30.3 Å². The van der Waals surface area contributed by atoms with Crippen molar-refractivity contribution in [1.29, 1.82) is 0 Å². The maximum Gasteiger partial charge on any atom is 0.152 e. The minimum atomic E-state index is 0.482. The molecule has 1 aliphatic carbocycles. The van der Waals surface area contributed by atoms with Gasteiger partial charge in [0.25, 0.3) is 0 Å². The van der Waals surface area contributed by atoms with E-state index < -0.39 is 0 Å². The fourth-order valence-corrected chi connectivity index (χ4v) is 2.57. The molecule has 0 saturated heterocycles. The minimum absolute atomic E-state index is 0.482. The number of rotatable bonds is 3. The number of nitrogens with zero attached hydrogens (tertiary/aromatic N) is 3. The summed E-state index contributed by atoms with van der Waals surface area (Å²) in [5.74, 6) is 1.52. The van der Waals surface area contributed by atoms with Crippen molar-refractivity contribution in [3.8, 4) is 0 Å². The van der Waals surface area contributed by atoms with E-state index in [4.69, 9.17) is 0 Å². The molecule has 4 nitrogen and oxygen atoms in total. The zero-order valence-electron chi connectivity index (χ0n) is 10.4. The molecule has 0 radical (unpaired) electrons. The summed E-state index contributed by atoms with van der Waals surface area (Å²) >= 11 is 0. The summed E-state index contributed by atoms with van der Waals surface area (Å²) in [5, 5.41) is 7.74. The third-order valence-electron chi connectivity index (χ3n) is 3.66. The Morgan fingerprint density at radius 1 is 1.11 bits per heavy atom. The van der Waals surface area contributed by atoms with E-state index in [1.165, 1.54) is 12.0 Å². The van der Waals surface area contributed by atoms with Crippen LogP contribution in [0.3, 0.4) is 0 Å². The van der Waals surface area contributed by atoms with Crippen molar-refractivity contribution >= 4 is 11.3 Å². The summed E-state index contributed by atoms with van der Waals surface area (Å²) in [6.45, 7) is 0. The molecule has 2 unspecified atom stereocenters. The predicted octanol–water partition coefficient (Wildman–Crippen LogP) is 2.70. The number of nitrogens with one attached hydrogen (secondary N) is 1. The first-order chi connectivity index (χ1) is 9.42. The topological polar surface area (TPSA) is 42.2 Å². The lowest BCUT2D eigenvalue weighted by atomic mass is 10.1. The highest BCUT2D eigenvalue weighted by Crippen LogP contribution is 2.42. The highest BCUT2D eigenvalue weighted by atomic mass is 15.2. The summed E-state index contributed by atoms with van der Waals surface area (Å²) in [6, 6.07) is 13.1. The predicted molar refractivity (Wildman–Crippen MR) is 74.2 cm³/mol. The Morgan fingerprint density at radius 3 is 2.89 bits per heavy atom. The smallest absolute Gasteiger partial charge is 0.152 e. The molecule has 4 heteroatoms. The molecule has 2 atom stereocenters. The van der Waals surface area contributed by atoms with Crippen molar-refractivity contribution in [2.45, 2.75) is 18.4 Å². The lowest BCUT2D eigenvalue weighted by Gasteiger charge is -2.06. The van der Waals surface area contributed by atoms with E-state index in [0.29, 0.717) is 12.0 Å². The Hall–Kier alpha value is -2.36. The van der Waals surface area contributed by atoms with Crippen LogP contribution in [0.1, 0.15) is 17.9 Å². The molecule has 1 N–H and O–H groups in total. The van der Waals surface area contributed by atoms with Gasteiger partial charge in [0.05, 0.1) is 6.20 Å². The summed E-state index contributed by atoms with van der Waals surface area (Å²) in [4.78, 5) is 4.42. The Bertz CT molecular complexity index is 704. The van der Waals surface area contributed by atoms with Crippen LogP contribution in [0.4, 0.5) is 5.82 Å². The second-order valence-corrected chi connectivity index (χ2v) is 4.94. The maximum atomic E-state index is 4.42. The molecule has 2 aromatic heterocycles. The van der Waals surface area contributed by atoms with Gasteiger partial charge in [-0.2, -0.15) is 5.10 Å². The van der Waals surface area contributed by atoms with Gasteiger partial charge in [-0.25, -0.2) is 9.50 Å². The van der Waals surface area contributed by atoms with Gasteiger partial charge in [0.2, 0.25) is 0 Å². The van der Waals surface area contributed by atoms with E-state index in [9.17, 15) is 0 Å². The number of benzene rings is 1.